The Morgan fingerprint density at radius 1 is 0.892 bits per heavy atom. The molecule has 3 amide bonds. The van der Waals surface area contributed by atoms with Crippen LogP contribution in [0.25, 0.3) is 11.1 Å². The van der Waals surface area contributed by atoms with Gasteiger partial charge in [0.15, 0.2) is 0 Å². The molecule has 0 unspecified atom stereocenters. The van der Waals surface area contributed by atoms with Gasteiger partial charge in [0.1, 0.15) is 10.6 Å². The van der Waals surface area contributed by atoms with Crippen molar-refractivity contribution in [2.45, 2.75) is 6.92 Å². The summed E-state index contributed by atoms with van der Waals surface area (Å²) in [6.07, 6.45) is 0. The van der Waals surface area contributed by atoms with E-state index in [2.05, 4.69) is 5.32 Å². The summed E-state index contributed by atoms with van der Waals surface area (Å²) in [6.45, 7) is 1.89. The normalized spacial score (nSPS) is 12.4. The molecule has 0 aliphatic carbocycles. The lowest BCUT2D eigenvalue weighted by Crippen LogP contribution is -2.29. The summed E-state index contributed by atoms with van der Waals surface area (Å²) in [6, 6.07) is 19.8. The summed E-state index contributed by atoms with van der Waals surface area (Å²) in [5.74, 6) is -1.83. The molecule has 5 rings (SSSR count). The zero-order valence-electron chi connectivity index (χ0n) is 19.5. The van der Waals surface area contributed by atoms with E-state index in [9.17, 15) is 19.2 Å². The molecule has 0 saturated heterocycles. The molecule has 2 heterocycles. The molecule has 0 spiro atoms. The van der Waals surface area contributed by atoms with Gasteiger partial charge in [-0.2, -0.15) is 0 Å². The highest BCUT2D eigenvalue weighted by molar-refractivity contribution is 7.15. The van der Waals surface area contributed by atoms with Crippen LogP contribution >= 0.6 is 22.9 Å². The zero-order valence-corrected chi connectivity index (χ0v) is 21.1. The fourth-order valence-electron chi connectivity index (χ4n) is 4.06. The van der Waals surface area contributed by atoms with Crippen molar-refractivity contribution in [3.63, 3.8) is 0 Å². The number of carbonyl (C=O) groups is 4. The lowest BCUT2D eigenvalue weighted by molar-refractivity contribution is 0.0528. The number of hydrogen-bond acceptors (Lipinski definition) is 6. The molecule has 0 fully saturated rings. The number of hydrogen-bond donors (Lipinski definition) is 1. The van der Waals surface area contributed by atoms with Crippen molar-refractivity contribution in [1.29, 1.82) is 0 Å². The summed E-state index contributed by atoms with van der Waals surface area (Å²) < 4.78 is 5.24. The first-order chi connectivity index (χ1) is 17.9. The number of ether oxygens (including phenoxy) is 1. The van der Waals surface area contributed by atoms with Gasteiger partial charge in [-0.3, -0.25) is 14.4 Å². The highest BCUT2D eigenvalue weighted by Gasteiger charge is 2.36. The second-order valence-corrected chi connectivity index (χ2v) is 9.39. The summed E-state index contributed by atoms with van der Waals surface area (Å²) in [5.41, 5.74) is 2.97. The molecule has 4 aromatic rings. The van der Waals surface area contributed by atoms with Gasteiger partial charge in [-0.05, 0) is 61.0 Å². The number of amides is 3. The van der Waals surface area contributed by atoms with E-state index < -0.39 is 23.7 Å². The topological polar surface area (TPSA) is 92.8 Å². The number of fused-ring (bicyclic) bond motifs is 1. The first-order valence-electron chi connectivity index (χ1n) is 11.3. The number of rotatable bonds is 6. The summed E-state index contributed by atoms with van der Waals surface area (Å²) in [7, 11) is 0. The molecular formula is C28H19ClN2O5S. The Hall–Kier alpha value is -4.27. The van der Waals surface area contributed by atoms with Crippen LogP contribution in [0.5, 0.6) is 0 Å². The van der Waals surface area contributed by atoms with Crippen LogP contribution < -0.4 is 10.2 Å². The number of imide groups is 1. The van der Waals surface area contributed by atoms with Crippen molar-refractivity contribution in [3.8, 4) is 11.1 Å². The summed E-state index contributed by atoms with van der Waals surface area (Å²) in [5, 5.41) is 5.48. The van der Waals surface area contributed by atoms with E-state index in [1.807, 2.05) is 0 Å². The minimum atomic E-state index is -0.551. The number of carbonyl (C=O) groups excluding carboxylic acids is 4. The maximum absolute atomic E-state index is 13.1. The Bertz CT molecular complexity index is 1510. The van der Waals surface area contributed by atoms with Gasteiger partial charge in [-0.1, -0.05) is 35.9 Å². The molecule has 1 aromatic heterocycles. The fraction of sp³-hybridized carbons (Fsp3) is 0.0714. The molecule has 0 atom stereocenters. The number of benzene rings is 3. The number of thiophene rings is 1. The Kier molecular flexibility index (Phi) is 6.60. The highest BCUT2D eigenvalue weighted by Crippen LogP contribution is 2.37. The lowest BCUT2D eigenvalue weighted by atomic mass is 10.0. The van der Waals surface area contributed by atoms with E-state index in [0.717, 1.165) is 10.5 Å². The Morgan fingerprint density at radius 2 is 1.51 bits per heavy atom. The van der Waals surface area contributed by atoms with Crippen molar-refractivity contribution < 1.29 is 23.9 Å². The number of anilines is 2. The second kappa shape index (κ2) is 10.0. The lowest BCUT2D eigenvalue weighted by Gasteiger charge is -2.14. The van der Waals surface area contributed by atoms with Crippen LogP contribution in [0.15, 0.2) is 78.2 Å². The van der Waals surface area contributed by atoms with Crippen LogP contribution in [-0.2, 0) is 4.74 Å². The Labute approximate surface area is 221 Å². The van der Waals surface area contributed by atoms with Crippen LogP contribution in [0.3, 0.4) is 0 Å². The molecule has 0 radical (unpaired) electrons. The zero-order chi connectivity index (χ0) is 26.1. The molecule has 9 heteroatoms. The Balaban J connectivity index is 1.39. The van der Waals surface area contributed by atoms with Crippen molar-refractivity contribution in [3.05, 3.63) is 105 Å². The number of nitrogens with zero attached hydrogens (tertiary/aromatic N) is 1. The minimum Gasteiger partial charge on any atom is -0.462 e. The van der Waals surface area contributed by atoms with Crippen molar-refractivity contribution in [2.75, 3.05) is 16.8 Å². The third-order valence-electron chi connectivity index (χ3n) is 5.83. The van der Waals surface area contributed by atoms with Gasteiger partial charge in [0.05, 0.1) is 23.4 Å². The van der Waals surface area contributed by atoms with Crippen molar-refractivity contribution >= 4 is 57.3 Å². The summed E-state index contributed by atoms with van der Waals surface area (Å²) >= 11 is 7.21. The van der Waals surface area contributed by atoms with Gasteiger partial charge >= 0.3 is 5.97 Å². The van der Waals surface area contributed by atoms with Gasteiger partial charge in [-0.25, -0.2) is 9.69 Å². The maximum atomic E-state index is 13.1. The van der Waals surface area contributed by atoms with E-state index in [0.29, 0.717) is 32.4 Å². The van der Waals surface area contributed by atoms with Crippen LogP contribution in [0.2, 0.25) is 5.02 Å². The molecule has 0 bridgehead atoms. The van der Waals surface area contributed by atoms with Crippen LogP contribution in [0.4, 0.5) is 10.7 Å². The van der Waals surface area contributed by atoms with Gasteiger partial charge in [0, 0.05) is 21.5 Å². The van der Waals surface area contributed by atoms with Crippen LogP contribution in [0.1, 0.15) is 48.4 Å². The molecule has 1 N–H and O–H groups in total. The van der Waals surface area contributed by atoms with E-state index in [-0.39, 0.29) is 17.7 Å². The predicted molar refractivity (Wildman–Crippen MR) is 143 cm³/mol. The summed E-state index contributed by atoms with van der Waals surface area (Å²) in [4.78, 5) is 52.4. The Morgan fingerprint density at radius 3 is 2.11 bits per heavy atom. The number of nitrogens with one attached hydrogen (secondary N) is 1. The smallest absolute Gasteiger partial charge is 0.341 e. The molecule has 1 aliphatic heterocycles. The highest BCUT2D eigenvalue weighted by atomic mass is 35.5. The number of halogens is 1. The van der Waals surface area contributed by atoms with Gasteiger partial charge < -0.3 is 10.1 Å². The van der Waals surface area contributed by atoms with Gasteiger partial charge in [-0.15, -0.1) is 11.3 Å². The largest absolute Gasteiger partial charge is 0.462 e. The van der Waals surface area contributed by atoms with E-state index in [4.69, 9.17) is 16.3 Å². The molecule has 1 aliphatic rings. The second-order valence-electron chi connectivity index (χ2n) is 8.07. The van der Waals surface area contributed by atoms with Crippen LogP contribution in [-0.4, -0.2) is 30.3 Å². The fourth-order valence-corrected chi connectivity index (χ4v) is 5.14. The molecular weight excluding hydrogens is 512 g/mol. The van der Waals surface area contributed by atoms with Crippen molar-refractivity contribution in [1.82, 2.24) is 0 Å². The molecule has 3 aromatic carbocycles. The number of esters is 1. The molecule has 7 nitrogen and oxygen atoms in total. The van der Waals surface area contributed by atoms with E-state index in [1.54, 1.807) is 60.8 Å². The molecule has 0 saturated carbocycles. The third-order valence-corrected chi connectivity index (χ3v) is 6.98. The third kappa shape index (κ3) is 4.52. The van der Waals surface area contributed by atoms with Crippen molar-refractivity contribution in [2.24, 2.45) is 0 Å². The van der Waals surface area contributed by atoms with Gasteiger partial charge in [0.25, 0.3) is 17.7 Å². The standard InChI is InChI=1S/C28H19ClN2O5S/c1-2-36-28(35)23-22(16-7-11-18(29)12-8-16)15-37-25(23)30-24(32)17-9-13-19(14-10-17)31-26(33)20-5-3-4-6-21(20)27(31)34/h3-15H,2H2,1H3,(H,30,32). The van der Waals surface area contributed by atoms with E-state index >= 15 is 0 Å². The average Bonchev–Trinajstić information content (AvgIpc) is 3.43. The monoisotopic (exact) mass is 530 g/mol. The van der Waals surface area contributed by atoms with Gasteiger partial charge in [0.2, 0.25) is 0 Å². The van der Waals surface area contributed by atoms with E-state index in [1.165, 1.54) is 35.6 Å². The molecule has 37 heavy (non-hydrogen) atoms. The SMILES string of the molecule is CCOC(=O)c1c(-c2ccc(Cl)cc2)csc1NC(=O)c1ccc(N2C(=O)c3ccccc3C2=O)cc1. The average molecular weight is 531 g/mol. The first kappa shape index (κ1) is 24.4. The van der Waals surface area contributed by atoms with Crippen LogP contribution in [0, 0.1) is 0 Å². The minimum absolute atomic E-state index is 0.182. The predicted octanol–water partition coefficient (Wildman–Crippen LogP) is 6.30. The maximum Gasteiger partial charge on any atom is 0.341 e. The first-order valence-corrected chi connectivity index (χ1v) is 12.6. The molecule has 184 valence electrons. The quantitative estimate of drug-likeness (QED) is 0.233.